The van der Waals surface area contributed by atoms with E-state index in [1.54, 1.807) is 17.5 Å². The van der Waals surface area contributed by atoms with Crippen LogP contribution < -0.4 is 0 Å². The van der Waals surface area contributed by atoms with Crippen LogP contribution in [0.3, 0.4) is 0 Å². The van der Waals surface area contributed by atoms with Gasteiger partial charge in [-0.25, -0.2) is 15.0 Å². The van der Waals surface area contributed by atoms with Crippen LogP contribution in [0.25, 0.3) is 10.7 Å². The molecule has 78 valence electrons. The Labute approximate surface area is 93.2 Å². The van der Waals surface area contributed by atoms with E-state index in [1.165, 1.54) is 4.88 Å². The second-order valence-electron chi connectivity index (χ2n) is 3.71. The molecule has 0 aliphatic rings. The molecule has 0 aliphatic heterocycles. The molecule has 0 saturated carbocycles. The Kier molecular flexibility index (Phi) is 2.77. The van der Waals surface area contributed by atoms with Gasteiger partial charge in [-0.2, -0.15) is 0 Å². The Morgan fingerprint density at radius 1 is 1.27 bits per heavy atom. The van der Waals surface area contributed by atoms with Crippen LogP contribution in [0.15, 0.2) is 18.5 Å². The lowest BCUT2D eigenvalue weighted by molar-refractivity contribution is 0.885. The highest BCUT2D eigenvalue weighted by Gasteiger charge is 2.08. The molecule has 0 amide bonds. The second kappa shape index (κ2) is 4.06. The second-order valence-corrected chi connectivity index (χ2v) is 4.77. The van der Waals surface area contributed by atoms with E-state index in [-0.39, 0.29) is 0 Å². The summed E-state index contributed by atoms with van der Waals surface area (Å²) in [4.78, 5) is 14.1. The summed E-state index contributed by atoms with van der Waals surface area (Å²) in [6.07, 6.45) is 3.70. The Balaban J connectivity index is 2.37. The molecule has 2 heterocycles. The molecule has 3 nitrogen and oxygen atoms in total. The van der Waals surface area contributed by atoms with Gasteiger partial charge >= 0.3 is 0 Å². The van der Waals surface area contributed by atoms with E-state index in [2.05, 4.69) is 28.8 Å². The maximum Gasteiger partial charge on any atom is 0.142 e. The Hall–Kier alpha value is -1.29. The predicted molar refractivity (Wildman–Crippen MR) is 62.0 cm³/mol. The monoisotopic (exact) mass is 219 g/mol. The fourth-order valence-corrected chi connectivity index (χ4v) is 2.14. The molecule has 15 heavy (non-hydrogen) atoms. The van der Waals surface area contributed by atoms with Crippen molar-refractivity contribution in [2.24, 2.45) is 0 Å². The van der Waals surface area contributed by atoms with Gasteiger partial charge in [0.2, 0.25) is 0 Å². The van der Waals surface area contributed by atoms with Gasteiger partial charge < -0.3 is 0 Å². The highest BCUT2D eigenvalue weighted by molar-refractivity contribution is 7.15. The molecule has 0 atom stereocenters. The summed E-state index contributed by atoms with van der Waals surface area (Å²) in [5, 5.41) is 0.976. The standard InChI is InChI=1S/C11H13N3S/c1-7(2)10-6-13-11(15-10)9-4-5-12-8(3)14-9/h4-7H,1-3H3. The van der Waals surface area contributed by atoms with Crippen LogP contribution in [0.2, 0.25) is 0 Å². The molecular formula is C11H13N3S. The van der Waals surface area contributed by atoms with Gasteiger partial charge in [0.1, 0.15) is 16.5 Å². The van der Waals surface area contributed by atoms with Gasteiger partial charge in [-0.3, -0.25) is 0 Å². The number of aromatic nitrogens is 3. The number of rotatable bonds is 2. The van der Waals surface area contributed by atoms with Crippen molar-refractivity contribution in [2.75, 3.05) is 0 Å². The predicted octanol–water partition coefficient (Wildman–Crippen LogP) is 3.03. The van der Waals surface area contributed by atoms with Crippen LogP contribution >= 0.6 is 11.3 Å². The lowest BCUT2D eigenvalue weighted by atomic mass is 10.2. The zero-order valence-corrected chi connectivity index (χ0v) is 9.88. The Morgan fingerprint density at radius 3 is 2.67 bits per heavy atom. The van der Waals surface area contributed by atoms with Crippen LogP contribution in [0.4, 0.5) is 0 Å². The molecule has 0 fully saturated rings. The molecular weight excluding hydrogens is 206 g/mol. The van der Waals surface area contributed by atoms with Crippen LogP contribution in [0, 0.1) is 6.92 Å². The first-order valence-electron chi connectivity index (χ1n) is 4.92. The molecule has 0 unspecified atom stereocenters. The Bertz CT molecular complexity index is 462. The minimum atomic E-state index is 0.527. The van der Waals surface area contributed by atoms with Crippen molar-refractivity contribution < 1.29 is 0 Å². The van der Waals surface area contributed by atoms with Gasteiger partial charge in [-0.15, -0.1) is 11.3 Å². The van der Waals surface area contributed by atoms with Crippen molar-refractivity contribution in [1.29, 1.82) is 0 Å². The first-order valence-corrected chi connectivity index (χ1v) is 5.74. The zero-order chi connectivity index (χ0) is 10.8. The van der Waals surface area contributed by atoms with E-state index in [4.69, 9.17) is 0 Å². The number of thiazole rings is 1. The topological polar surface area (TPSA) is 38.7 Å². The van der Waals surface area contributed by atoms with Gasteiger partial charge in [0.15, 0.2) is 0 Å². The van der Waals surface area contributed by atoms with Crippen molar-refractivity contribution >= 4 is 11.3 Å². The van der Waals surface area contributed by atoms with Gasteiger partial charge in [0.05, 0.1) is 0 Å². The van der Waals surface area contributed by atoms with Crippen LogP contribution in [-0.2, 0) is 0 Å². The minimum Gasteiger partial charge on any atom is -0.243 e. The number of hydrogen-bond acceptors (Lipinski definition) is 4. The van der Waals surface area contributed by atoms with Gasteiger partial charge in [0.25, 0.3) is 0 Å². The van der Waals surface area contributed by atoms with Crippen molar-refractivity contribution in [3.05, 3.63) is 29.2 Å². The summed E-state index contributed by atoms with van der Waals surface area (Å²) in [6, 6.07) is 1.90. The molecule has 0 saturated heterocycles. The van der Waals surface area contributed by atoms with Crippen molar-refractivity contribution in [3.63, 3.8) is 0 Å². The van der Waals surface area contributed by atoms with Crippen molar-refractivity contribution in [1.82, 2.24) is 15.0 Å². The third-order valence-electron chi connectivity index (χ3n) is 2.09. The quantitative estimate of drug-likeness (QED) is 0.779. The van der Waals surface area contributed by atoms with E-state index in [1.807, 2.05) is 19.2 Å². The molecule has 0 bridgehead atoms. The third kappa shape index (κ3) is 2.21. The molecule has 4 heteroatoms. The first-order chi connectivity index (χ1) is 7.16. The highest BCUT2D eigenvalue weighted by atomic mass is 32.1. The minimum absolute atomic E-state index is 0.527. The van der Waals surface area contributed by atoms with Crippen molar-refractivity contribution in [3.8, 4) is 10.7 Å². The number of nitrogens with zero attached hydrogens (tertiary/aromatic N) is 3. The number of aryl methyl sites for hydroxylation is 1. The van der Waals surface area contributed by atoms with E-state index in [9.17, 15) is 0 Å². The summed E-state index contributed by atoms with van der Waals surface area (Å²) in [7, 11) is 0. The summed E-state index contributed by atoms with van der Waals surface area (Å²) in [5.41, 5.74) is 0.916. The van der Waals surface area contributed by atoms with Crippen LogP contribution in [0.5, 0.6) is 0 Å². The average Bonchev–Trinajstić information content (AvgIpc) is 2.66. The van der Waals surface area contributed by atoms with Gasteiger partial charge in [-0.1, -0.05) is 13.8 Å². The van der Waals surface area contributed by atoms with Gasteiger partial charge in [-0.05, 0) is 18.9 Å². The van der Waals surface area contributed by atoms with Gasteiger partial charge in [0, 0.05) is 17.3 Å². The van der Waals surface area contributed by atoms with Crippen molar-refractivity contribution in [2.45, 2.75) is 26.7 Å². The highest BCUT2D eigenvalue weighted by Crippen LogP contribution is 2.27. The maximum atomic E-state index is 4.38. The molecule has 0 N–H and O–H groups in total. The summed E-state index contributed by atoms with van der Waals surface area (Å²) in [6.45, 7) is 6.23. The fourth-order valence-electron chi connectivity index (χ4n) is 1.25. The number of hydrogen-bond donors (Lipinski definition) is 0. The van der Waals surface area contributed by atoms with E-state index < -0.39 is 0 Å². The normalized spacial score (nSPS) is 10.9. The average molecular weight is 219 g/mol. The maximum absolute atomic E-state index is 4.38. The summed E-state index contributed by atoms with van der Waals surface area (Å²) < 4.78 is 0. The van der Waals surface area contributed by atoms with E-state index in [0.717, 1.165) is 16.5 Å². The molecule has 0 radical (unpaired) electrons. The lowest BCUT2D eigenvalue weighted by Gasteiger charge is -1.97. The molecule has 2 aromatic heterocycles. The largest absolute Gasteiger partial charge is 0.243 e. The molecule has 2 rings (SSSR count). The lowest BCUT2D eigenvalue weighted by Crippen LogP contribution is -1.88. The molecule has 0 spiro atoms. The smallest absolute Gasteiger partial charge is 0.142 e. The fraction of sp³-hybridized carbons (Fsp3) is 0.364. The molecule has 0 aliphatic carbocycles. The summed E-state index contributed by atoms with van der Waals surface area (Å²) in [5.74, 6) is 1.31. The zero-order valence-electron chi connectivity index (χ0n) is 9.06. The molecule has 2 aromatic rings. The third-order valence-corrected chi connectivity index (χ3v) is 3.41. The van der Waals surface area contributed by atoms with E-state index >= 15 is 0 Å². The molecule has 0 aromatic carbocycles. The van der Waals surface area contributed by atoms with Crippen LogP contribution in [0.1, 0.15) is 30.5 Å². The first kappa shape index (κ1) is 10.2. The van der Waals surface area contributed by atoms with E-state index in [0.29, 0.717) is 5.92 Å². The Morgan fingerprint density at radius 2 is 2.07 bits per heavy atom. The summed E-state index contributed by atoms with van der Waals surface area (Å²) >= 11 is 1.70. The van der Waals surface area contributed by atoms with Crippen LogP contribution in [-0.4, -0.2) is 15.0 Å². The SMILES string of the molecule is Cc1nccc(-c2ncc(C(C)C)s2)n1.